The van der Waals surface area contributed by atoms with E-state index >= 15 is 0 Å². The van der Waals surface area contributed by atoms with Crippen molar-refractivity contribution in [3.05, 3.63) is 41.7 Å². The van der Waals surface area contributed by atoms with Crippen LogP contribution in [0, 0.1) is 0 Å². The summed E-state index contributed by atoms with van der Waals surface area (Å²) in [6, 6.07) is 10.7. The van der Waals surface area contributed by atoms with Gasteiger partial charge in [-0.05, 0) is 25.7 Å². The third-order valence-corrected chi connectivity index (χ3v) is 5.34. The SMILES string of the molecule is CCC1(n2c(-c3ccccc3)nc3c2CCNC3)CCC1. The molecule has 3 nitrogen and oxygen atoms in total. The minimum atomic E-state index is 0.323. The van der Waals surface area contributed by atoms with E-state index in [1.165, 1.54) is 48.5 Å². The van der Waals surface area contributed by atoms with E-state index in [2.05, 4.69) is 47.1 Å². The van der Waals surface area contributed by atoms with Crippen molar-refractivity contribution in [2.75, 3.05) is 6.54 Å². The molecule has 1 fully saturated rings. The number of benzene rings is 1. The summed E-state index contributed by atoms with van der Waals surface area (Å²) in [6.07, 6.45) is 6.28. The van der Waals surface area contributed by atoms with Gasteiger partial charge in [-0.15, -0.1) is 0 Å². The van der Waals surface area contributed by atoms with Crippen LogP contribution in [0.3, 0.4) is 0 Å². The molecule has 21 heavy (non-hydrogen) atoms. The monoisotopic (exact) mass is 281 g/mol. The lowest BCUT2D eigenvalue weighted by Crippen LogP contribution is -2.42. The summed E-state index contributed by atoms with van der Waals surface area (Å²) in [5.74, 6) is 1.19. The van der Waals surface area contributed by atoms with Crippen LogP contribution in [-0.2, 0) is 18.5 Å². The predicted molar refractivity (Wildman–Crippen MR) is 85.2 cm³/mol. The number of nitrogens with one attached hydrogen (secondary N) is 1. The highest BCUT2D eigenvalue weighted by molar-refractivity contribution is 5.58. The number of aromatic nitrogens is 2. The number of hydrogen-bond acceptors (Lipinski definition) is 2. The normalized spacial score (nSPS) is 19.9. The lowest BCUT2D eigenvalue weighted by atomic mass is 9.74. The van der Waals surface area contributed by atoms with Crippen LogP contribution in [0.15, 0.2) is 30.3 Å². The predicted octanol–water partition coefficient (Wildman–Crippen LogP) is 3.49. The molecule has 1 aliphatic carbocycles. The third-order valence-electron chi connectivity index (χ3n) is 5.34. The molecule has 1 N–H and O–H groups in total. The first-order valence-corrected chi connectivity index (χ1v) is 8.21. The van der Waals surface area contributed by atoms with Crippen molar-refractivity contribution in [1.29, 1.82) is 0 Å². The first-order valence-electron chi connectivity index (χ1n) is 8.21. The molecule has 0 bridgehead atoms. The fourth-order valence-electron chi connectivity index (χ4n) is 3.92. The molecule has 110 valence electrons. The van der Waals surface area contributed by atoms with Gasteiger partial charge in [0.25, 0.3) is 0 Å². The zero-order chi connectivity index (χ0) is 14.3. The highest BCUT2D eigenvalue weighted by atomic mass is 15.2. The fourth-order valence-corrected chi connectivity index (χ4v) is 3.92. The van der Waals surface area contributed by atoms with Gasteiger partial charge in [0, 0.05) is 36.3 Å². The molecule has 0 amide bonds. The quantitative estimate of drug-likeness (QED) is 0.933. The van der Waals surface area contributed by atoms with Crippen molar-refractivity contribution in [2.24, 2.45) is 0 Å². The molecule has 0 saturated heterocycles. The van der Waals surface area contributed by atoms with Gasteiger partial charge in [0.1, 0.15) is 5.82 Å². The van der Waals surface area contributed by atoms with E-state index in [1.807, 2.05) is 0 Å². The van der Waals surface area contributed by atoms with Gasteiger partial charge in [0.2, 0.25) is 0 Å². The third kappa shape index (κ3) is 1.95. The zero-order valence-electron chi connectivity index (χ0n) is 12.7. The van der Waals surface area contributed by atoms with Crippen LogP contribution >= 0.6 is 0 Å². The van der Waals surface area contributed by atoms with Crippen LogP contribution in [0.2, 0.25) is 0 Å². The van der Waals surface area contributed by atoms with Crippen molar-refractivity contribution < 1.29 is 0 Å². The Morgan fingerprint density at radius 1 is 1.24 bits per heavy atom. The second-order valence-electron chi connectivity index (χ2n) is 6.39. The smallest absolute Gasteiger partial charge is 0.141 e. The molecule has 1 aliphatic heterocycles. The highest BCUT2D eigenvalue weighted by Crippen LogP contribution is 2.46. The minimum Gasteiger partial charge on any atom is -0.322 e. The summed E-state index contributed by atoms with van der Waals surface area (Å²) in [6.45, 7) is 4.33. The molecular weight excluding hydrogens is 258 g/mol. The van der Waals surface area contributed by atoms with Gasteiger partial charge in [0.15, 0.2) is 0 Å². The second-order valence-corrected chi connectivity index (χ2v) is 6.39. The van der Waals surface area contributed by atoms with Gasteiger partial charge in [-0.25, -0.2) is 4.98 Å². The van der Waals surface area contributed by atoms with Crippen LogP contribution in [-0.4, -0.2) is 16.1 Å². The Labute approximate surface area is 126 Å². The van der Waals surface area contributed by atoms with Crippen molar-refractivity contribution in [3.8, 4) is 11.4 Å². The molecule has 3 heteroatoms. The largest absolute Gasteiger partial charge is 0.322 e. The van der Waals surface area contributed by atoms with E-state index in [-0.39, 0.29) is 0 Å². The summed E-state index contributed by atoms with van der Waals surface area (Å²) < 4.78 is 2.61. The summed E-state index contributed by atoms with van der Waals surface area (Å²) in [7, 11) is 0. The van der Waals surface area contributed by atoms with E-state index in [0.717, 1.165) is 19.5 Å². The first-order chi connectivity index (χ1) is 10.3. The minimum absolute atomic E-state index is 0.323. The van der Waals surface area contributed by atoms with E-state index in [4.69, 9.17) is 4.98 Å². The molecule has 2 heterocycles. The van der Waals surface area contributed by atoms with Crippen molar-refractivity contribution >= 4 is 0 Å². The number of fused-ring (bicyclic) bond motifs is 1. The zero-order valence-corrected chi connectivity index (χ0v) is 12.7. The van der Waals surface area contributed by atoms with Gasteiger partial charge in [-0.1, -0.05) is 37.3 Å². The lowest BCUT2D eigenvalue weighted by Gasteiger charge is -2.45. The van der Waals surface area contributed by atoms with Crippen LogP contribution < -0.4 is 5.32 Å². The van der Waals surface area contributed by atoms with Crippen LogP contribution in [0.4, 0.5) is 0 Å². The molecule has 0 unspecified atom stereocenters. The van der Waals surface area contributed by atoms with Crippen LogP contribution in [0.1, 0.15) is 44.0 Å². The van der Waals surface area contributed by atoms with E-state index in [0.29, 0.717) is 5.54 Å². The van der Waals surface area contributed by atoms with Gasteiger partial charge < -0.3 is 9.88 Å². The average molecular weight is 281 g/mol. The Kier molecular flexibility index (Phi) is 3.11. The summed E-state index contributed by atoms with van der Waals surface area (Å²) in [5, 5.41) is 3.46. The lowest BCUT2D eigenvalue weighted by molar-refractivity contribution is 0.134. The number of nitrogens with zero attached hydrogens (tertiary/aromatic N) is 2. The molecule has 1 aromatic carbocycles. The summed E-state index contributed by atoms with van der Waals surface area (Å²) in [5.41, 5.74) is 4.32. The molecule has 2 aromatic rings. The standard InChI is InChI=1S/C18H23N3/c1-2-18(10-6-11-18)21-16-9-12-19-13-15(16)20-17(21)14-7-4-3-5-8-14/h3-5,7-8,19H,2,6,9-13H2,1H3. The molecule has 0 atom stereocenters. The summed E-state index contributed by atoms with van der Waals surface area (Å²) in [4.78, 5) is 5.02. The topological polar surface area (TPSA) is 29.9 Å². The molecule has 1 aromatic heterocycles. The second kappa shape index (κ2) is 4.99. The molecule has 0 spiro atoms. The molecule has 0 radical (unpaired) electrons. The maximum Gasteiger partial charge on any atom is 0.141 e. The Morgan fingerprint density at radius 3 is 2.71 bits per heavy atom. The van der Waals surface area contributed by atoms with Crippen LogP contribution in [0.5, 0.6) is 0 Å². The fraction of sp³-hybridized carbons (Fsp3) is 0.500. The molecule has 2 aliphatic rings. The number of rotatable bonds is 3. The molecular formula is C18H23N3. The Hall–Kier alpha value is -1.61. The maximum absolute atomic E-state index is 5.02. The highest BCUT2D eigenvalue weighted by Gasteiger charge is 2.41. The van der Waals surface area contributed by atoms with E-state index < -0.39 is 0 Å². The Balaban J connectivity index is 1.92. The van der Waals surface area contributed by atoms with Gasteiger partial charge in [-0.3, -0.25) is 0 Å². The molecule has 4 rings (SSSR count). The Morgan fingerprint density at radius 2 is 2.05 bits per heavy atom. The number of imidazole rings is 1. The van der Waals surface area contributed by atoms with Gasteiger partial charge in [-0.2, -0.15) is 0 Å². The van der Waals surface area contributed by atoms with Crippen molar-refractivity contribution in [1.82, 2.24) is 14.9 Å². The average Bonchev–Trinajstić information content (AvgIpc) is 2.88. The van der Waals surface area contributed by atoms with Gasteiger partial charge >= 0.3 is 0 Å². The number of hydrogen-bond donors (Lipinski definition) is 1. The Bertz CT molecular complexity index is 632. The maximum atomic E-state index is 5.02. The van der Waals surface area contributed by atoms with E-state index in [1.54, 1.807) is 0 Å². The van der Waals surface area contributed by atoms with Crippen molar-refractivity contribution in [2.45, 2.75) is 51.1 Å². The first kappa shape index (κ1) is 13.1. The van der Waals surface area contributed by atoms with Crippen LogP contribution in [0.25, 0.3) is 11.4 Å². The van der Waals surface area contributed by atoms with E-state index in [9.17, 15) is 0 Å². The molecule has 1 saturated carbocycles. The van der Waals surface area contributed by atoms with Crippen molar-refractivity contribution in [3.63, 3.8) is 0 Å². The summed E-state index contributed by atoms with van der Waals surface area (Å²) >= 11 is 0. The van der Waals surface area contributed by atoms with Gasteiger partial charge in [0.05, 0.1) is 5.69 Å².